The van der Waals surface area contributed by atoms with Crippen LogP contribution >= 0.6 is 11.6 Å². The van der Waals surface area contributed by atoms with Gasteiger partial charge in [-0.1, -0.05) is 23.7 Å². The SMILES string of the molecule is O=C(C[NH+]1CC[NH+](Cc2ccc(Cl)cc2)CC1)N(C1CC1)[C@H]1CCS(=O)(=O)C1. The fraction of sp³-hybridized carbons (Fsp3) is 0.650. The van der Waals surface area contributed by atoms with E-state index in [0.29, 0.717) is 13.0 Å². The van der Waals surface area contributed by atoms with Crippen molar-refractivity contribution in [3.05, 3.63) is 34.9 Å². The van der Waals surface area contributed by atoms with E-state index in [1.807, 2.05) is 17.0 Å². The maximum Gasteiger partial charge on any atom is 0.278 e. The van der Waals surface area contributed by atoms with E-state index in [2.05, 4.69) is 12.1 Å². The molecule has 1 aromatic carbocycles. The van der Waals surface area contributed by atoms with Crippen LogP contribution in [0.25, 0.3) is 0 Å². The van der Waals surface area contributed by atoms with Crippen molar-refractivity contribution in [2.24, 2.45) is 0 Å². The van der Waals surface area contributed by atoms with Gasteiger partial charge in [0.05, 0.1) is 11.5 Å². The highest BCUT2D eigenvalue weighted by atomic mass is 35.5. The average molecular weight is 428 g/mol. The number of halogens is 1. The Hall–Kier alpha value is -1.15. The van der Waals surface area contributed by atoms with Crippen LogP contribution < -0.4 is 9.80 Å². The molecule has 0 aromatic heterocycles. The van der Waals surface area contributed by atoms with Crippen LogP contribution in [0.5, 0.6) is 0 Å². The van der Waals surface area contributed by atoms with Gasteiger partial charge >= 0.3 is 0 Å². The van der Waals surface area contributed by atoms with E-state index in [4.69, 9.17) is 11.6 Å². The normalized spacial score (nSPS) is 29.5. The van der Waals surface area contributed by atoms with Gasteiger partial charge in [0.2, 0.25) is 0 Å². The van der Waals surface area contributed by atoms with Gasteiger partial charge in [-0.15, -0.1) is 0 Å². The van der Waals surface area contributed by atoms with Crippen LogP contribution in [0.15, 0.2) is 24.3 Å². The maximum absolute atomic E-state index is 13.0. The molecule has 4 rings (SSSR count). The number of quaternary nitrogens is 2. The standard InChI is InChI=1S/C20H28ClN3O3S/c21-17-3-1-16(2-4-17)13-22-8-10-23(11-9-22)14-20(25)24(18-5-6-18)19-7-12-28(26,27)15-19/h1-4,18-19H,5-15H2/p+2/t19-/m0/s1. The molecule has 3 aliphatic rings. The number of carbonyl (C=O) groups excluding carboxylic acids is 1. The number of amides is 1. The summed E-state index contributed by atoms with van der Waals surface area (Å²) in [6.07, 6.45) is 2.66. The minimum atomic E-state index is -2.96. The molecule has 0 spiro atoms. The van der Waals surface area contributed by atoms with E-state index in [1.165, 1.54) is 10.5 Å². The van der Waals surface area contributed by atoms with Gasteiger partial charge in [-0.25, -0.2) is 8.42 Å². The van der Waals surface area contributed by atoms with Crippen molar-refractivity contribution in [3.63, 3.8) is 0 Å². The zero-order chi connectivity index (χ0) is 19.7. The number of nitrogens with zero attached hydrogens (tertiary/aromatic N) is 1. The number of hydrogen-bond acceptors (Lipinski definition) is 3. The molecule has 1 aromatic rings. The molecule has 0 unspecified atom stereocenters. The van der Waals surface area contributed by atoms with Crippen molar-refractivity contribution >= 4 is 27.3 Å². The maximum atomic E-state index is 13.0. The predicted octanol–water partition coefficient (Wildman–Crippen LogP) is -1.20. The minimum absolute atomic E-state index is 0.0961. The monoisotopic (exact) mass is 427 g/mol. The van der Waals surface area contributed by atoms with E-state index < -0.39 is 9.84 Å². The molecule has 1 atom stereocenters. The highest BCUT2D eigenvalue weighted by Gasteiger charge is 2.43. The second-order valence-corrected chi connectivity index (χ2v) is 11.2. The van der Waals surface area contributed by atoms with Gasteiger partial charge in [0.1, 0.15) is 32.7 Å². The summed E-state index contributed by atoms with van der Waals surface area (Å²) < 4.78 is 23.7. The molecule has 2 saturated heterocycles. The Balaban J connectivity index is 1.27. The Morgan fingerprint density at radius 3 is 2.21 bits per heavy atom. The molecular weight excluding hydrogens is 398 g/mol. The lowest BCUT2D eigenvalue weighted by atomic mass is 10.2. The molecule has 2 N–H and O–H groups in total. The summed E-state index contributed by atoms with van der Waals surface area (Å²) in [4.78, 5) is 17.8. The van der Waals surface area contributed by atoms with E-state index >= 15 is 0 Å². The van der Waals surface area contributed by atoms with Gasteiger partial charge in [-0.3, -0.25) is 4.79 Å². The average Bonchev–Trinajstić information content (AvgIpc) is 3.42. The van der Waals surface area contributed by atoms with Crippen LogP contribution in [-0.4, -0.2) is 75.5 Å². The third kappa shape index (κ3) is 5.06. The summed E-state index contributed by atoms with van der Waals surface area (Å²) >= 11 is 5.96. The number of rotatable bonds is 6. The number of hydrogen-bond donors (Lipinski definition) is 2. The van der Waals surface area contributed by atoms with Crippen molar-refractivity contribution in [2.75, 3.05) is 44.2 Å². The minimum Gasteiger partial charge on any atom is -0.331 e. The molecule has 6 nitrogen and oxygen atoms in total. The third-order valence-corrected chi connectivity index (χ3v) is 8.27. The molecular formula is C20H30ClN3O3S+2. The first-order valence-corrected chi connectivity index (χ1v) is 12.5. The number of sulfone groups is 1. The first-order valence-electron chi connectivity index (χ1n) is 10.3. The fourth-order valence-electron chi connectivity index (χ4n) is 4.56. The van der Waals surface area contributed by atoms with E-state index in [0.717, 1.165) is 50.6 Å². The van der Waals surface area contributed by atoms with Crippen LogP contribution in [0.2, 0.25) is 5.02 Å². The largest absolute Gasteiger partial charge is 0.331 e. The molecule has 28 heavy (non-hydrogen) atoms. The lowest BCUT2D eigenvalue weighted by Crippen LogP contribution is -3.28. The summed E-state index contributed by atoms with van der Waals surface area (Å²) in [6, 6.07) is 8.23. The summed E-state index contributed by atoms with van der Waals surface area (Å²) in [6.45, 7) is 5.55. The van der Waals surface area contributed by atoms with Crippen LogP contribution in [-0.2, 0) is 21.2 Å². The summed E-state index contributed by atoms with van der Waals surface area (Å²) in [5.74, 6) is 0.540. The number of carbonyl (C=O) groups is 1. The van der Waals surface area contributed by atoms with Gasteiger partial charge in [-0.05, 0) is 31.4 Å². The van der Waals surface area contributed by atoms with Gasteiger partial charge < -0.3 is 14.7 Å². The molecule has 2 heterocycles. The zero-order valence-electron chi connectivity index (χ0n) is 16.2. The molecule has 154 valence electrons. The Morgan fingerprint density at radius 1 is 1.00 bits per heavy atom. The molecule has 3 fully saturated rings. The quantitative estimate of drug-likeness (QED) is 0.599. The summed E-state index contributed by atoms with van der Waals surface area (Å²) in [5.41, 5.74) is 1.29. The number of benzene rings is 1. The molecule has 1 aliphatic carbocycles. The van der Waals surface area contributed by atoms with Crippen LogP contribution in [0, 0.1) is 0 Å². The Morgan fingerprint density at radius 2 is 1.64 bits per heavy atom. The third-order valence-electron chi connectivity index (χ3n) is 6.26. The predicted molar refractivity (Wildman–Crippen MR) is 108 cm³/mol. The van der Waals surface area contributed by atoms with Gasteiger partial charge in [0.15, 0.2) is 16.4 Å². The van der Waals surface area contributed by atoms with E-state index in [-0.39, 0.29) is 29.5 Å². The van der Waals surface area contributed by atoms with E-state index in [9.17, 15) is 13.2 Å². The van der Waals surface area contributed by atoms with Crippen molar-refractivity contribution < 1.29 is 23.0 Å². The first-order chi connectivity index (χ1) is 13.4. The molecule has 8 heteroatoms. The highest BCUT2D eigenvalue weighted by Crippen LogP contribution is 2.32. The Labute approximate surface area is 172 Å². The second-order valence-electron chi connectivity index (χ2n) is 8.57. The lowest BCUT2D eigenvalue weighted by molar-refractivity contribution is -1.02. The Kier molecular flexibility index (Phi) is 5.97. The van der Waals surface area contributed by atoms with Crippen molar-refractivity contribution in [1.29, 1.82) is 0 Å². The van der Waals surface area contributed by atoms with Gasteiger partial charge in [0.25, 0.3) is 5.91 Å². The molecule has 1 saturated carbocycles. The summed E-state index contributed by atoms with van der Waals surface area (Å²) in [5, 5.41) is 0.766. The topological polar surface area (TPSA) is 63.3 Å². The Bertz CT molecular complexity index is 802. The molecule has 0 radical (unpaired) electrons. The van der Waals surface area contributed by atoms with Gasteiger partial charge in [0, 0.05) is 22.7 Å². The highest BCUT2D eigenvalue weighted by molar-refractivity contribution is 7.91. The van der Waals surface area contributed by atoms with Crippen LogP contribution in [0.4, 0.5) is 0 Å². The van der Waals surface area contributed by atoms with E-state index in [1.54, 1.807) is 4.90 Å². The molecule has 2 aliphatic heterocycles. The fourth-order valence-corrected chi connectivity index (χ4v) is 6.40. The van der Waals surface area contributed by atoms with Crippen LogP contribution in [0.1, 0.15) is 24.8 Å². The second kappa shape index (κ2) is 8.30. The number of piperazine rings is 1. The van der Waals surface area contributed by atoms with Crippen molar-refractivity contribution in [2.45, 2.75) is 37.9 Å². The molecule has 0 bridgehead atoms. The smallest absolute Gasteiger partial charge is 0.278 e. The zero-order valence-corrected chi connectivity index (χ0v) is 17.8. The molecule has 1 amide bonds. The van der Waals surface area contributed by atoms with Crippen LogP contribution in [0.3, 0.4) is 0 Å². The first kappa shape index (κ1) is 20.1. The lowest BCUT2D eigenvalue weighted by Gasteiger charge is -2.33. The van der Waals surface area contributed by atoms with Gasteiger partial charge in [-0.2, -0.15) is 0 Å². The summed E-state index contributed by atoms with van der Waals surface area (Å²) in [7, 11) is -2.96. The number of nitrogens with one attached hydrogen (secondary N) is 2. The van der Waals surface area contributed by atoms with Crippen molar-refractivity contribution in [1.82, 2.24) is 4.90 Å². The van der Waals surface area contributed by atoms with Crippen molar-refractivity contribution in [3.8, 4) is 0 Å².